The molecule has 0 atom stereocenters. The van der Waals surface area contributed by atoms with Crippen molar-refractivity contribution in [3.8, 4) is 0 Å². The van der Waals surface area contributed by atoms with Crippen molar-refractivity contribution in [2.45, 2.75) is 34.6 Å². The van der Waals surface area contributed by atoms with Gasteiger partial charge in [-0.2, -0.15) is 17.5 Å². The Labute approximate surface area is 173 Å². The molecule has 1 aromatic rings. The van der Waals surface area contributed by atoms with Crippen molar-refractivity contribution >= 4 is 27.7 Å². The average molecular weight is 452 g/mol. The van der Waals surface area contributed by atoms with Crippen LogP contribution in [-0.2, 0) is 14.8 Å². The highest BCUT2D eigenvalue weighted by molar-refractivity contribution is 8.00. The van der Waals surface area contributed by atoms with Gasteiger partial charge in [-0.15, -0.1) is 0 Å². The molecule has 3 rings (SSSR count). The number of sulfonamides is 1. The number of piperazine rings is 1. The third-order valence-corrected chi connectivity index (χ3v) is 7.75. The minimum atomic E-state index is -4.41. The largest absolute Gasteiger partial charge is 0.446 e. The van der Waals surface area contributed by atoms with Gasteiger partial charge in [0, 0.05) is 44.2 Å². The van der Waals surface area contributed by atoms with Gasteiger partial charge in [0.25, 0.3) is 0 Å². The van der Waals surface area contributed by atoms with Gasteiger partial charge in [0.1, 0.15) is 0 Å². The maximum atomic E-state index is 12.8. The fourth-order valence-corrected chi connectivity index (χ4v) is 5.49. The Morgan fingerprint density at radius 1 is 0.931 bits per heavy atom. The maximum absolute atomic E-state index is 12.8. The molecule has 1 amide bonds. The fraction of sp³-hybridized carbons (Fsp3) is 0.611. The summed E-state index contributed by atoms with van der Waals surface area (Å²) in [5.74, 6) is 0.0822. The summed E-state index contributed by atoms with van der Waals surface area (Å²) in [6.07, 6.45) is 3.20. The van der Waals surface area contributed by atoms with Crippen molar-refractivity contribution in [1.82, 2.24) is 14.1 Å². The molecule has 0 unspecified atom stereocenters. The van der Waals surface area contributed by atoms with Gasteiger partial charge in [0.2, 0.25) is 15.9 Å². The molecule has 0 spiro atoms. The summed E-state index contributed by atoms with van der Waals surface area (Å²) in [6, 6.07) is 4.74. The van der Waals surface area contributed by atoms with E-state index in [2.05, 4.69) is 0 Å². The molecular weight excluding hydrogens is 427 g/mol. The third-order valence-electron chi connectivity index (χ3n) is 5.09. The van der Waals surface area contributed by atoms with Gasteiger partial charge in [-0.3, -0.25) is 9.69 Å². The molecule has 0 bridgehead atoms. The monoisotopic (exact) mass is 451 g/mol. The molecule has 2 heterocycles. The Hall–Kier alpha value is -1.30. The second-order valence-corrected chi connectivity index (χ2v) is 10.2. The molecule has 0 saturated carbocycles. The first-order valence-corrected chi connectivity index (χ1v) is 11.8. The van der Waals surface area contributed by atoms with Crippen LogP contribution in [-0.4, -0.2) is 79.8 Å². The van der Waals surface area contributed by atoms with E-state index in [9.17, 15) is 26.4 Å². The number of benzene rings is 1. The lowest BCUT2D eigenvalue weighted by Crippen LogP contribution is -2.51. The molecule has 29 heavy (non-hydrogen) atoms. The van der Waals surface area contributed by atoms with Crippen molar-refractivity contribution in [2.75, 3.05) is 45.8 Å². The van der Waals surface area contributed by atoms with Crippen molar-refractivity contribution in [3.63, 3.8) is 0 Å². The summed E-state index contributed by atoms with van der Waals surface area (Å²) in [6.45, 7) is 3.24. The molecule has 162 valence electrons. The van der Waals surface area contributed by atoms with E-state index in [4.69, 9.17) is 0 Å². The summed E-state index contributed by atoms with van der Waals surface area (Å²) in [5, 5.41) is 0. The Kier molecular flexibility index (Phi) is 7.13. The quantitative estimate of drug-likeness (QED) is 0.644. The second-order valence-electron chi connectivity index (χ2n) is 7.14. The topological polar surface area (TPSA) is 60.9 Å². The standard InChI is InChI=1S/C18H24F3N3O3S2/c19-18(20,21)28-15-4-6-16(7-5-15)29(26,27)24-12-10-22(11-13-24)14-17(25)23-8-2-1-3-9-23/h4-7H,1-3,8-14H2. The van der Waals surface area contributed by atoms with Crippen molar-refractivity contribution in [3.05, 3.63) is 24.3 Å². The van der Waals surface area contributed by atoms with Crippen LogP contribution in [0.3, 0.4) is 0 Å². The Bertz CT molecular complexity index is 802. The third kappa shape index (κ3) is 6.09. The van der Waals surface area contributed by atoms with Crippen LogP contribution in [0.1, 0.15) is 19.3 Å². The van der Waals surface area contributed by atoms with E-state index < -0.39 is 15.5 Å². The number of rotatable bonds is 5. The predicted octanol–water partition coefficient (Wildman–Crippen LogP) is 2.62. The van der Waals surface area contributed by atoms with Gasteiger partial charge in [0.15, 0.2) is 0 Å². The number of thioether (sulfide) groups is 1. The lowest BCUT2D eigenvalue weighted by atomic mass is 10.1. The number of nitrogens with zero attached hydrogens (tertiary/aromatic N) is 3. The van der Waals surface area contributed by atoms with Gasteiger partial charge >= 0.3 is 5.51 Å². The summed E-state index contributed by atoms with van der Waals surface area (Å²) in [4.78, 5) is 16.1. The second kappa shape index (κ2) is 9.23. The number of amides is 1. The minimum absolute atomic E-state index is 0.0260. The van der Waals surface area contributed by atoms with Crippen molar-refractivity contribution in [1.29, 1.82) is 0 Å². The molecule has 11 heteroatoms. The van der Waals surface area contributed by atoms with E-state index >= 15 is 0 Å². The molecule has 0 radical (unpaired) electrons. The van der Waals surface area contributed by atoms with Gasteiger partial charge in [-0.1, -0.05) is 0 Å². The summed E-state index contributed by atoms with van der Waals surface area (Å²) in [7, 11) is -3.77. The first-order valence-electron chi connectivity index (χ1n) is 9.51. The average Bonchev–Trinajstić information content (AvgIpc) is 2.68. The molecular formula is C18H24F3N3O3S2. The summed E-state index contributed by atoms with van der Waals surface area (Å²) >= 11 is -0.278. The molecule has 2 aliphatic rings. The zero-order valence-corrected chi connectivity index (χ0v) is 17.5. The normalized spacial score (nSPS) is 20.0. The zero-order chi connectivity index (χ0) is 21.1. The summed E-state index contributed by atoms with van der Waals surface area (Å²) < 4.78 is 64.1. The van der Waals surface area contributed by atoms with Crippen LogP contribution in [0, 0.1) is 0 Å². The van der Waals surface area contributed by atoms with E-state index in [0.29, 0.717) is 13.1 Å². The molecule has 0 aromatic heterocycles. The maximum Gasteiger partial charge on any atom is 0.446 e. The van der Waals surface area contributed by atoms with Crippen LogP contribution in [0.5, 0.6) is 0 Å². The Balaban J connectivity index is 1.54. The number of carbonyl (C=O) groups excluding carboxylic acids is 1. The van der Waals surface area contributed by atoms with Crippen LogP contribution in [0.4, 0.5) is 13.2 Å². The van der Waals surface area contributed by atoms with Gasteiger partial charge in [-0.25, -0.2) is 8.42 Å². The SMILES string of the molecule is O=C(CN1CCN(S(=O)(=O)c2ccc(SC(F)(F)F)cc2)CC1)N1CCCCC1. The number of hydrogen-bond donors (Lipinski definition) is 0. The molecule has 6 nitrogen and oxygen atoms in total. The lowest BCUT2D eigenvalue weighted by molar-refractivity contribution is -0.133. The van der Waals surface area contributed by atoms with Crippen LogP contribution in [0.25, 0.3) is 0 Å². The lowest BCUT2D eigenvalue weighted by Gasteiger charge is -2.35. The molecule has 0 aliphatic carbocycles. The zero-order valence-electron chi connectivity index (χ0n) is 15.9. The summed E-state index contributed by atoms with van der Waals surface area (Å²) in [5.41, 5.74) is -4.41. The van der Waals surface area contributed by atoms with E-state index in [-0.39, 0.29) is 47.1 Å². The Morgan fingerprint density at radius 3 is 2.07 bits per heavy atom. The molecule has 2 saturated heterocycles. The van der Waals surface area contributed by atoms with Crippen LogP contribution < -0.4 is 0 Å². The number of hydrogen-bond acceptors (Lipinski definition) is 5. The predicted molar refractivity (Wildman–Crippen MR) is 104 cm³/mol. The molecule has 2 fully saturated rings. The van der Waals surface area contributed by atoms with Crippen LogP contribution in [0.15, 0.2) is 34.1 Å². The molecule has 0 N–H and O–H groups in total. The molecule has 1 aromatic carbocycles. The molecule has 2 aliphatic heterocycles. The fourth-order valence-electron chi connectivity index (χ4n) is 3.52. The number of carbonyl (C=O) groups is 1. The number of piperidine rings is 1. The van der Waals surface area contributed by atoms with Gasteiger partial charge in [0.05, 0.1) is 11.4 Å². The minimum Gasteiger partial charge on any atom is -0.342 e. The van der Waals surface area contributed by atoms with Crippen molar-refractivity contribution < 1.29 is 26.4 Å². The van der Waals surface area contributed by atoms with Gasteiger partial charge < -0.3 is 4.90 Å². The van der Waals surface area contributed by atoms with Crippen LogP contribution >= 0.6 is 11.8 Å². The number of alkyl halides is 3. The highest BCUT2D eigenvalue weighted by Crippen LogP contribution is 2.37. The smallest absolute Gasteiger partial charge is 0.342 e. The first kappa shape index (κ1) is 22.4. The number of likely N-dealkylation sites (tertiary alicyclic amines) is 1. The highest BCUT2D eigenvalue weighted by Gasteiger charge is 2.31. The van der Waals surface area contributed by atoms with Crippen molar-refractivity contribution in [2.24, 2.45) is 0 Å². The van der Waals surface area contributed by atoms with Gasteiger partial charge in [-0.05, 0) is 55.3 Å². The van der Waals surface area contributed by atoms with Crippen LogP contribution in [0.2, 0.25) is 0 Å². The van der Waals surface area contributed by atoms with E-state index in [1.165, 1.54) is 28.6 Å². The van der Waals surface area contributed by atoms with E-state index in [1.54, 1.807) is 0 Å². The van der Waals surface area contributed by atoms with E-state index in [0.717, 1.165) is 32.4 Å². The number of halogens is 3. The Morgan fingerprint density at radius 2 is 1.52 bits per heavy atom. The van der Waals surface area contributed by atoms with E-state index in [1.807, 2.05) is 9.80 Å². The first-order chi connectivity index (χ1) is 13.6. The highest BCUT2D eigenvalue weighted by atomic mass is 32.2.